The molecule has 33 heavy (non-hydrogen) atoms. The number of alkyl halides is 1. The van der Waals surface area contributed by atoms with Crippen LogP contribution in [0.5, 0.6) is 0 Å². The highest BCUT2D eigenvalue weighted by molar-refractivity contribution is 14.1. The number of unbranched alkanes of at least 4 members (excludes halogenated alkanes) is 2. The van der Waals surface area contributed by atoms with Gasteiger partial charge in [-0.3, -0.25) is 9.59 Å². The van der Waals surface area contributed by atoms with Gasteiger partial charge in [0.05, 0.1) is 19.8 Å². The summed E-state index contributed by atoms with van der Waals surface area (Å²) in [6, 6.07) is 0. The van der Waals surface area contributed by atoms with Crippen LogP contribution >= 0.6 is 22.6 Å². The Morgan fingerprint density at radius 2 is 1.27 bits per heavy atom. The smallest absolute Gasteiger partial charge is 0.333 e. The average molecular weight is 580 g/mol. The van der Waals surface area contributed by atoms with E-state index in [1.54, 1.807) is 13.8 Å². The first-order valence-corrected chi connectivity index (χ1v) is 12.1. The van der Waals surface area contributed by atoms with Gasteiger partial charge in [-0.25, -0.2) is 9.59 Å². The zero-order valence-electron chi connectivity index (χ0n) is 19.3. The molecule has 186 valence electrons. The van der Waals surface area contributed by atoms with Crippen LogP contribution in [-0.4, -0.2) is 60.0 Å². The molecule has 10 heteroatoms. The van der Waals surface area contributed by atoms with Crippen molar-refractivity contribution in [2.24, 2.45) is 0 Å². The molecule has 1 unspecified atom stereocenters. The third-order valence-corrected chi connectivity index (χ3v) is 5.42. The van der Waals surface area contributed by atoms with E-state index in [9.17, 15) is 19.2 Å². The molecule has 0 aliphatic carbocycles. The Kier molecular flexibility index (Phi) is 13.9. The summed E-state index contributed by atoms with van der Waals surface area (Å²) in [5.74, 6) is -1.74. The molecule has 3 atom stereocenters. The van der Waals surface area contributed by atoms with Crippen molar-refractivity contribution >= 4 is 46.5 Å². The first-order chi connectivity index (χ1) is 15.6. The fourth-order valence-electron chi connectivity index (χ4n) is 2.72. The quantitative estimate of drug-likeness (QED) is 0.0760. The molecule has 0 N–H and O–H groups in total. The van der Waals surface area contributed by atoms with Crippen LogP contribution < -0.4 is 0 Å². The Bertz CT molecular complexity index is 719. The van der Waals surface area contributed by atoms with E-state index < -0.39 is 36.1 Å². The van der Waals surface area contributed by atoms with E-state index in [1.165, 1.54) is 0 Å². The predicted octanol–water partition coefficient (Wildman–Crippen LogP) is 3.57. The highest BCUT2D eigenvalue weighted by Gasteiger charge is 2.35. The standard InChI is InChI=1S/C23H33IO9/c1-15(2)22(27)29-11-7-5-9-20(25)32-17-13-19(24)31-14-18(17)33-21(26)10-6-8-12-30-23(28)16(3)4/h17-19H,1,3,5-14H2,2,4H3/t17-,18+,19?/m0/s1. The van der Waals surface area contributed by atoms with Gasteiger partial charge in [0.2, 0.25) is 0 Å². The molecule has 1 fully saturated rings. The summed E-state index contributed by atoms with van der Waals surface area (Å²) in [5.41, 5.74) is 0.654. The van der Waals surface area contributed by atoms with Gasteiger partial charge in [0.25, 0.3) is 0 Å². The lowest BCUT2D eigenvalue weighted by molar-refractivity contribution is -0.183. The fourth-order valence-corrected chi connectivity index (χ4v) is 3.43. The summed E-state index contributed by atoms with van der Waals surface area (Å²) in [7, 11) is 0. The van der Waals surface area contributed by atoms with Crippen molar-refractivity contribution < 1.29 is 42.9 Å². The van der Waals surface area contributed by atoms with Crippen molar-refractivity contribution in [2.75, 3.05) is 19.8 Å². The van der Waals surface area contributed by atoms with Crippen molar-refractivity contribution in [1.82, 2.24) is 0 Å². The third kappa shape index (κ3) is 12.8. The number of ether oxygens (including phenoxy) is 5. The number of halogens is 1. The highest BCUT2D eigenvalue weighted by atomic mass is 127. The van der Waals surface area contributed by atoms with Crippen LogP contribution in [0.1, 0.15) is 58.8 Å². The van der Waals surface area contributed by atoms with Crippen molar-refractivity contribution in [3.63, 3.8) is 0 Å². The molecule has 0 saturated carbocycles. The van der Waals surface area contributed by atoms with Gasteiger partial charge in [-0.15, -0.1) is 0 Å². The maximum absolute atomic E-state index is 12.2. The number of carbonyl (C=O) groups is 4. The molecule has 1 aliphatic heterocycles. The van der Waals surface area contributed by atoms with E-state index in [0.29, 0.717) is 43.3 Å². The Balaban J connectivity index is 2.33. The molecule has 1 saturated heterocycles. The molecule has 0 radical (unpaired) electrons. The van der Waals surface area contributed by atoms with Gasteiger partial charge < -0.3 is 23.7 Å². The zero-order chi connectivity index (χ0) is 24.8. The summed E-state index contributed by atoms with van der Waals surface area (Å²) in [4.78, 5) is 47.0. The van der Waals surface area contributed by atoms with Crippen LogP contribution in [0.4, 0.5) is 0 Å². The summed E-state index contributed by atoms with van der Waals surface area (Å²) in [6.07, 6.45) is 1.50. The normalized spacial score (nSPS) is 19.8. The molecule has 0 spiro atoms. The summed E-state index contributed by atoms with van der Waals surface area (Å²) >= 11 is 2.10. The molecule has 9 nitrogen and oxygen atoms in total. The Labute approximate surface area is 208 Å². The second-order valence-electron chi connectivity index (χ2n) is 7.78. The van der Waals surface area contributed by atoms with E-state index in [1.807, 2.05) is 0 Å². The molecule has 0 aromatic carbocycles. The first kappa shape index (κ1) is 29.1. The van der Waals surface area contributed by atoms with E-state index in [2.05, 4.69) is 35.7 Å². The molecular formula is C23H33IO9. The minimum Gasteiger partial charge on any atom is -0.462 e. The highest BCUT2D eigenvalue weighted by Crippen LogP contribution is 2.25. The maximum Gasteiger partial charge on any atom is 0.333 e. The molecule has 0 aromatic heterocycles. The SMILES string of the molecule is C=C(C)C(=O)OCCCCC(=O)O[C@H]1CC(I)OC[C@H]1OC(=O)CCCCOC(=O)C(=C)C. The van der Waals surface area contributed by atoms with Gasteiger partial charge in [-0.05, 0) is 39.5 Å². The zero-order valence-corrected chi connectivity index (χ0v) is 21.4. The van der Waals surface area contributed by atoms with Crippen LogP contribution in [0, 0.1) is 0 Å². The summed E-state index contributed by atoms with van der Waals surface area (Å²) in [6.45, 7) is 10.7. The molecule has 1 rings (SSSR count). The first-order valence-electron chi connectivity index (χ1n) is 10.9. The van der Waals surface area contributed by atoms with Crippen molar-refractivity contribution in [2.45, 2.75) is 75.1 Å². The minimum atomic E-state index is -0.676. The van der Waals surface area contributed by atoms with E-state index >= 15 is 0 Å². The minimum absolute atomic E-state index is 0.143. The van der Waals surface area contributed by atoms with Crippen molar-refractivity contribution in [3.8, 4) is 0 Å². The van der Waals surface area contributed by atoms with E-state index in [4.69, 9.17) is 23.7 Å². The van der Waals surface area contributed by atoms with Gasteiger partial charge in [-0.2, -0.15) is 0 Å². The second-order valence-corrected chi connectivity index (χ2v) is 9.17. The van der Waals surface area contributed by atoms with Crippen molar-refractivity contribution in [3.05, 3.63) is 24.3 Å². The summed E-state index contributed by atoms with van der Waals surface area (Å²) < 4.78 is 26.4. The molecule has 0 aromatic rings. The molecule has 0 bridgehead atoms. The lowest BCUT2D eigenvalue weighted by atomic mass is 10.1. The van der Waals surface area contributed by atoms with Gasteiger partial charge in [0.15, 0.2) is 6.10 Å². The van der Waals surface area contributed by atoms with Gasteiger partial charge in [0.1, 0.15) is 10.2 Å². The van der Waals surface area contributed by atoms with Crippen LogP contribution in [0.25, 0.3) is 0 Å². The topological polar surface area (TPSA) is 114 Å². The van der Waals surface area contributed by atoms with E-state index in [0.717, 1.165) is 0 Å². The largest absolute Gasteiger partial charge is 0.462 e. The van der Waals surface area contributed by atoms with Crippen LogP contribution in [0.2, 0.25) is 0 Å². The van der Waals surface area contributed by atoms with Crippen molar-refractivity contribution in [1.29, 1.82) is 0 Å². The number of rotatable bonds is 14. The Morgan fingerprint density at radius 1 is 0.818 bits per heavy atom. The lowest BCUT2D eigenvalue weighted by Gasteiger charge is -2.33. The lowest BCUT2D eigenvalue weighted by Crippen LogP contribution is -2.44. The molecule has 0 amide bonds. The molecule has 1 heterocycles. The third-order valence-electron chi connectivity index (χ3n) is 4.55. The summed E-state index contributed by atoms with van der Waals surface area (Å²) in [5, 5.41) is 0. The Hall–Kier alpha value is -1.95. The van der Waals surface area contributed by atoms with Crippen LogP contribution in [-0.2, 0) is 42.9 Å². The van der Waals surface area contributed by atoms with E-state index in [-0.39, 0.29) is 36.8 Å². The van der Waals surface area contributed by atoms with Gasteiger partial charge in [-0.1, -0.05) is 35.7 Å². The monoisotopic (exact) mass is 580 g/mol. The number of esters is 4. The average Bonchev–Trinajstić information content (AvgIpc) is 2.74. The number of carbonyl (C=O) groups excluding carboxylic acids is 4. The van der Waals surface area contributed by atoms with Gasteiger partial charge >= 0.3 is 23.9 Å². The maximum atomic E-state index is 12.2. The van der Waals surface area contributed by atoms with Crippen LogP contribution in [0.15, 0.2) is 24.3 Å². The molecular weight excluding hydrogens is 547 g/mol. The fraction of sp³-hybridized carbons (Fsp3) is 0.652. The van der Waals surface area contributed by atoms with Crippen LogP contribution in [0.3, 0.4) is 0 Å². The molecule has 1 aliphatic rings. The Morgan fingerprint density at radius 3 is 1.73 bits per heavy atom. The predicted molar refractivity (Wildman–Crippen MR) is 127 cm³/mol. The van der Waals surface area contributed by atoms with Gasteiger partial charge in [0, 0.05) is 30.4 Å². The number of hydrogen-bond acceptors (Lipinski definition) is 9. The second kappa shape index (κ2) is 15.8. The number of hydrogen-bond donors (Lipinski definition) is 0.